The number of H-pyrrole nitrogens is 1. The second kappa shape index (κ2) is 6.32. The molecule has 0 amide bonds. The Morgan fingerprint density at radius 1 is 1.25 bits per heavy atom. The molecule has 3 rings (SSSR count). The number of aromatic amines is 1. The van der Waals surface area contributed by atoms with Gasteiger partial charge < -0.3 is 10.1 Å². The Morgan fingerprint density at radius 3 is 2.54 bits per heavy atom. The summed E-state index contributed by atoms with van der Waals surface area (Å²) in [5.74, 6) is -0.277. The maximum absolute atomic E-state index is 11.4. The second-order valence-electron chi connectivity index (χ2n) is 5.84. The Labute approximate surface area is 140 Å². The lowest BCUT2D eigenvalue weighted by Gasteiger charge is -2.05. The quantitative estimate of drug-likeness (QED) is 0.707. The van der Waals surface area contributed by atoms with Gasteiger partial charge in [-0.25, -0.2) is 9.78 Å². The number of aromatic nitrogens is 2. The minimum atomic E-state index is -0.960. The largest absolute Gasteiger partial charge is 0.478 e. The third-order valence-electron chi connectivity index (χ3n) is 4.22. The molecule has 122 valence electrons. The van der Waals surface area contributed by atoms with Crippen molar-refractivity contribution in [2.45, 2.75) is 27.2 Å². The number of fused-ring (bicyclic) bond motifs is 1. The first kappa shape index (κ1) is 16.0. The molecule has 2 N–H and O–H groups in total. The van der Waals surface area contributed by atoms with Gasteiger partial charge in [0.05, 0.1) is 11.1 Å². The molecule has 0 bridgehead atoms. The fraction of sp³-hybridized carbons (Fsp3) is 0.200. The summed E-state index contributed by atoms with van der Waals surface area (Å²) >= 11 is 0. The average molecular weight is 320 g/mol. The molecule has 0 atom stereocenters. The fourth-order valence-corrected chi connectivity index (χ4v) is 2.98. The molecular formula is C20H20N2O2. The molecule has 4 heteroatoms. The predicted octanol–water partition coefficient (Wildman–Crippen LogP) is 5.05. The van der Waals surface area contributed by atoms with Gasteiger partial charge in [0.1, 0.15) is 11.3 Å². The smallest absolute Gasteiger partial charge is 0.337 e. The summed E-state index contributed by atoms with van der Waals surface area (Å²) in [6, 6.07) is 11.7. The SMILES string of the molecule is CC=C(CC)c1ccc(-c2nc3c(C(=O)O)cc(C)cc3[nH]2)cc1. The lowest BCUT2D eigenvalue weighted by Crippen LogP contribution is -1.98. The zero-order chi connectivity index (χ0) is 17.3. The third-order valence-corrected chi connectivity index (χ3v) is 4.22. The number of carboxylic acid groups (broad SMARTS) is 1. The van der Waals surface area contributed by atoms with Crippen LogP contribution in [0.2, 0.25) is 0 Å². The number of allylic oxidation sites excluding steroid dienone is 2. The van der Waals surface area contributed by atoms with E-state index < -0.39 is 5.97 Å². The molecule has 2 aromatic carbocycles. The molecule has 1 heterocycles. The maximum Gasteiger partial charge on any atom is 0.337 e. The number of hydrogen-bond acceptors (Lipinski definition) is 2. The minimum absolute atomic E-state index is 0.228. The van der Waals surface area contributed by atoms with E-state index in [0.29, 0.717) is 11.3 Å². The van der Waals surface area contributed by atoms with Crippen LogP contribution in [0, 0.1) is 6.92 Å². The van der Waals surface area contributed by atoms with Gasteiger partial charge in [0.15, 0.2) is 0 Å². The summed E-state index contributed by atoms with van der Waals surface area (Å²) in [6.07, 6.45) is 3.11. The Balaban J connectivity index is 2.07. The molecule has 0 unspecified atom stereocenters. The van der Waals surface area contributed by atoms with Crippen LogP contribution in [0.15, 0.2) is 42.5 Å². The topological polar surface area (TPSA) is 66.0 Å². The highest BCUT2D eigenvalue weighted by molar-refractivity contribution is 6.02. The lowest BCUT2D eigenvalue weighted by molar-refractivity contribution is 0.0698. The molecular weight excluding hydrogens is 300 g/mol. The van der Waals surface area contributed by atoms with Crippen molar-refractivity contribution in [2.24, 2.45) is 0 Å². The first-order valence-electron chi connectivity index (χ1n) is 8.03. The minimum Gasteiger partial charge on any atom is -0.478 e. The number of hydrogen-bond donors (Lipinski definition) is 2. The highest BCUT2D eigenvalue weighted by atomic mass is 16.4. The van der Waals surface area contributed by atoms with Crippen molar-refractivity contribution in [3.8, 4) is 11.4 Å². The number of nitrogens with one attached hydrogen (secondary N) is 1. The van der Waals surface area contributed by atoms with Crippen LogP contribution in [0.25, 0.3) is 28.0 Å². The molecule has 0 saturated carbocycles. The Hall–Kier alpha value is -2.88. The number of carboxylic acids is 1. The van der Waals surface area contributed by atoms with Crippen LogP contribution in [0.4, 0.5) is 0 Å². The van der Waals surface area contributed by atoms with E-state index in [4.69, 9.17) is 0 Å². The van der Waals surface area contributed by atoms with Crippen molar-refractivity contribution in [1.82, 2.24) is 9.97 Å². The fourth-order valence-electron chi connectivity index (χ4n) is 2.98. The normalized spacial score (nSPS) is 11.9. The summed E-state index contributed by atoms with van der Waals surface area (Å²) in [4.78, 5) is 19.2. The molecule has 0 aliphatic rings. The van der Waals surface area contributed by atoms with E-state index in [0.717, 1.165) is 23.1 Å². The van der Waals surface area contributed by atoms with Gasteiger partial charge in [0.25, 0.3) is 0 Å². The van der Waals surface area contributed by atoms with Crippen LogP contribution in [-0.4, -0.2) is 21.0 Å². The lowest BCUT2D eigenvalue weighted by atomic mass is 10.0. The van der Waals surface area contributed by atoms with E-state index in [1.807, 2.05) is 32.0 Å². The molecule has 0 aliphatic carbocycles. The van der Waals surface area contributed by atoms with Gasteiger partial charge in [0.2, 0.25) is 0 Å². The molecule has 1 aromatic heterocycles. The van der Waals surface area contributed by atoms with Gasteiger partial charge in [-0.15, -0.1) is 0 Å². The van der Waals surface area contributed by atoms with Gasteiger partial charge in [0, 0.05) is 5.56 Å². The van der Waals surface area contributed by atoms with E-state index in [9.17, 15) is 9.90 Å². The molecule has 3 aromatic rings. The van der Waals surface area contributed by atoms with Crippen molar-refractivity contribution in [3.63, 3.8) is 0 Å². The Morgan fingerprint density at radius 2 is 1.96 bits per heavy atom. The van der Waals surface area contributed by atoms with Crippen molar-refractivity contribution < 1.29 is 9.90 Å². The van der Waals surface area contributed by atoms with Crippen LogP contribution in [-0.2, 0) is 0 Å². The summed E-state index contributed by atoms with van der Waals surface area (Å²) in [7, 11) is 0. The van der Waals surface area contributed by atoms with Crippen molar-refractivity contribution in [2.75, 3.05) is 0 Å². The third kappa shape index (κ3) is 2.83. The number of nitrogens with zero attached hydrogens (tertiary/aromatic N) is 1. The van der Waals surface area contributed by atoms with Gasteiger partial charge in [-0.05, 0) is 49.1 Å². The van der Waals surface area contributed by atoms with Crippen LogP contribution < -0.4 is 0 Å². The standard InChI is InChI=1S/C20H20N2O2/c1-4-13(5-2)14-6-8-15(9-7-14)19-21-17-11-12(3)10-16(20(23)24)18(17)22-19/h4,6-11H,5H2,1-3H3,(H,21,22)(H,23,24). The van der Waals surface area contributed by atoms with Crippen molar-refractivity contribution in [1.29, 1.82) is 0 Å². The van der Waals surface area contributed by atoms with E-state index in [1.165, 1.54) is 11.1 Å². The van der Waals surface area contributed by atoms with E-state index in [-0.39, 0.29) is 5.56 Å². The van der Waals surface area contributed by atoms with Crippen LogP contribution in [0.5, 0.6) is 0 Å². The van der Waals surface area contributed by atoms with Crippen LogP contribution in [0.1, 0.15) is 41.8 Å². The molecule has 0 radical (unpaired) electrons. The first-order valence-corrected chi connectivity index (χ1v) is 8.03. The molecule has 4 nitrogen and oxygen atoms in total. The van der Waals surface area contributed by atoms with Crippen LogP contribution >= 0.6 is 0 Å². The van der Waals surface area contributed by atoms with Gasteiger partial charge in [-0.1, -0.05) is 37.3 Å². The highest BCUT2D eigenvalue weighted by Gasteiger charge is 2.14. The summed E-state index contributed by atoms with van der Waals surface area (Å²) in [6.45, 7) is 6.06. The highest BCUT2D eigenvalue weighted by Crippen LogP contribution is 2.26. The van der Waals surface area contributed by atoms with Gasteiger partial charge >= 0.3 is 5.97 Å². The predicted molar refractivity (Wildman–Crippen MR) is 97.2 cm³/mol. The molecule has 0 aliphatic heterocycles. The number of aryl methyl sites for hydroxylation is 1. The van der Waals surface area contributed by atoms with Crippen LogP contribution in [0.3, 0.4) is 0 Å². The molecule has 0 fully saturated rings. The molecule has 24 heavy (non-hydrogen) atoms. The first-order chi connectivity index (χ1) is 11.5. The van der Waals surface area contributed by atoms with Gasteiger partial charge in [-0.3, -0.25) is 0 Å². The molecule has 0 spiro atoms. The summed E-state index contributed by atoms with van der Waals surface area (Å²) in [5, 5.41) is 9.38. The van der Waals surface area contributed by atoms with E-state index in [1.54, 1.807) is 6.07 Å². The number of aromatic carboxylic acids is 1. The average Bonchev–Trinajstić information content (AvgIpc) is 2.99. The Bertz CT molecular complexity index is 934. The number of carbonyl (C=O) groups is 1. The number of rotatable bonds is 4. The monoisotopic (exact) mass is 320 g/mol. The Kier molecular flexibility index (Phi) is 4.21. The summed E-state index contributed by atoms with van der Waals surface area (Å²) < 4.78 is 0. The summed E-state index contributed by atoms with van der Waals surface area (Å²) in [5.41, 5.74) is 5.80. The number of imidazole rings is 1. The zero-order valence-electron chi connectivity index (χ0n) is 14.1. The number of benzene rings is 2. The zero-order valence-corrected chi connectivity index (χ0v) is 14.1. The van der Waals surface area contributed by atoms with E-state index in [2.05, 4.69) is 35.1 Å². The van der Waals surface area contributed by atoms with Crippen molar-refractivity contribution >= 4 is 22.6 Å². The molecule has 0 saturated heterocycles. The second-order valence-corrected chi connectivity index (χ2v) is 5.84. The maximum atomic E-state index is 11.4. The van der Waals surface area contributed by atoms with E-state index >= 15 is 0 Å². The van der Waals surface area contributed by atoms with Crippen molar-refractivity contribution in [3.05, 3.63) is 59.2 Å². The van der Waals surface area contributed by atoms with Gasteiger partial charge in [-0.2, -0.15) is 0 Å².